The number of allylic oxidation sites excluding steroid dienone is 1. The summed E-state index contributed by atoms with van der Waals surface area (Å²) in [6, 6.07) is 0. The van der Waals surface area contributed by atoms with Gasteiger partial charge in [0.15, 0.2) is 21.6 Å². The van der Waals surface area contributed by atoms with Crippen molar-refractivity contribution in [3.05, 3.63) is 24.5 Å². The lowest BCUT2D eigenvalue weighted by atomic mass is 9.75. The van der Waals surface area contributed by atoms with Crippen LogP contribution < -0.4 is 0 Å². The lowest BCUT2D eigenvalue weighted by molar-refractivity contribution is -0.182. The van der Waals surface area contributed by atoms with Crippen molar-refractivity contribution in [2.45, 2.75) is 90.2 Å². The average molecular weight is 519 g/mol. The normalized spacial score (nSPS) is 21.5. The number of ether oxygens (including phenoxy) is 2. The van der Waals surface area contributed by atoms with E-state index in [4.69, 9.17) is 13.9 Å². The highest BCUT2D eigenvalue weighted by Crippen LogP contribution is 2.38. The molecule has 1 rings (SSSR count). The molecular formula is C21H37F3O7SSi. The van der Waals surface area contributed by atoms with Gasteiger partial charge in [-0.3, -0.25) is 0 Å². The van der Waals surface area contributed by atoms with Crippen molar-refractivity contribution < 1.29 is 44.8 Å². The highest BCUT2D eigenvalue weighted by molar-refractivity contribution is 7.87. The number of alkyl halides is 3. The predicted molar refractivity (Wildman–Crippen MR) is 121 cm³/mol. The minimum absolute atomic E-state index is 0.196. The number of aliphatic hydroxyl groups is 1. The number of aliphatic hydroxyl groups excluding tert-OH is 1. The fourth-order valence-electron chi connectivity index (χ4n) is 3.28. The Balaban J connectivity index is 3.14. The molecule has 33 heavy (non-hydrogen) atoms. The molecule has 0 radical (unpaired) electrons. The van der Waals surface area contributed by atoms with Crippen LogP contribution in [-0.2, 0) is 28.2 Å². The van der Waals surface area contributed by atoms with Gasteiger partial charge >= 0.3 is 15.6 Å². The summed E-state index contributed by atoms with van der Waals surface area (Å²) in [5.41, 5.74) is -6.08. The van der Waals surface area contributed by atoms with Gasteiger partial charge in [-0.1, -0.05) is 26.8 Å². The molecule has 1 heterocycles. The van der Waals surface area contributed by atoms with Crippen LogP contribution in [0.4, 0.5) is 13.2 Å². The maximum absolute atomic E-state index is 13.0. The molecule has 1 N–H and O–H groups in total. The van der Waals surface area contributed by atoms with Crippen molar-refractivity contribution in [2.75, 3.05) is 6.61 Å². The first kappa shape index (κ1) is 30.1. The van der Waals surface area contributed by atoms with Crippen LogP contribution in [0, 0.1) is 11.3 Å². The summed E-state index contributed by atoms with van der Waals surface area (Å²) in [4.78, 5) is 0. The van der Waals surface area contributed by atoms with E-state index < -0.39 is 54.5 Å². The van der Waals surface area contributed by atoms with Crippen molar-refractivity contribution in [1.82, 2.24) is 0 Å². The van der Waals surface area contributed by atoms with E-state index in [2.05, 4.69) is 10.8 Å². The second-order valence-electron chi connectivity index (χ2n) is 9.40. The lowest BCUT2D eigenvalue weighted by Crippen LogP contribution is -2.32. The van der Waals surface area contributed by atoms with Crippen molar-refractivity contribution in [1.29, 1.82) is 0 Å². The number of rotatable bonds is 12. The van der Waals surface area contributed by atoms with Crippen molar-refractivity contribution in [3.8, 4) is 0 Å². The molecule has 1 saturated heterocycles. The molecule has 1 fully saturated rings. The maximum Gasteiger partial charge on any atom is 0.534 e. The van der Waals surface area contributed by atoms with Gasteiger partial charge < -0.3 is 23.2 Å². The molecule has 1 aliphatic heterocycles. The topological polar surface area (TPSA) is 91.3 Å². The Morgan fingerprint density at radius 1 is 1.27 bits per heavy atom. The van der Waals surface area contributed by atoms with E-state index in [-0.39, 0.29) is 12.3 Å². The van der Waals surface area contributed by atoms with Crippen LogP contribution in [0.1, 0.15) is 52.9 Å². The Morgan fingerprint density at radius 3 is 2.36 bits per heavy atom. The van der Waals surface area contributed by atoms with Crippen LogP contribution in [0.2, 0.25) is 13.1 Å². The van der Waals surface area contributed by atoms with Crippen molar-refractivity contribution in [3.63, 3.8) is 0 Å². The zero-order chi connectivity index (χ0) is 25.4. The standard InChI is InChI=1S/C21H37F3O7SSi/c1-7-16(29-19-10-8-9-11-28-19)12-15(20(2,3)4)13-17(14-18(25)31-33(5)6)30-32(26,27)21(22,23)24/h7,14-16,18-19,25,33H,1,8-13H2,2-6H3/b17-14-/t15-,16+,18?,19?/m0/s1. The fourth-order valence-corrected chi connectivity index (χ4v) is 4.42. The van der Waals surface area contributed by atoms with Crippen LogP contribution >= 0.6 is 0 Å². The molecule has 0 saturated carbocycles. The van der Waals surface area contributed by atoms with Crippen LogP contribution in [-0.4, -0.2) is 53.4 Å². The molecule has 0 aromatic heterocycles. The third-order valence-corrected chi connectivity index (χ3v) is 6.98. The summed E-state index contributed by atoms with van der Waals surface area (Å²) in [6.45, 7) is 13.5. The van der Waals surface area contributed by atoms with Gasteiger partial charge in [0.05, 0.1) is 6.10 Å². The SMILES string of the molecule is C=C[C@H](C[C@@H](C/C(=C/C(O)O[SiH](C)C)OS(=O)(=O)C(F)(F)F)C(C)(C)C)OC1CCCCO1. The minimum Gasteiger partial charge on any atom is -0.393 e. The highest BCUT2D eigenvalue weighted by atomic mass is 32.2. The van der Waals surface area contributed by atoms with E-state index in [1.165, 1.54) is 0 Å². The Kier molecular flexibility index (Phi) is 11.6. The largest absolute Gasteiger partial charge is 0.534 e. The molecule has 0 spiro atoms. The summed E-state index contributed by atoms with van der Waals surface area (Å²) >= 11 is 0. The van der Waals surface area contributed by atoms with E-state index in [0.29, 0.717) is 13.0 Å². The Hall–Kier alpha value is -0.923. The van der Waals surface area contributed by atoms with Crippen molar-refractivity contribution in [2.24, 2.45) is 11.3 Å². The summed E-state index contributed by atoms with van der Waals surface area (Å²) in [5, 5.41) is 10.1. The second kappa shape index (κ2) is 12.7. The van der Waals surface area contributed by atoms with Crippen LogP contribution in [0.15, 0.2) is 24.5 Å². The van der Waals surface area contributed by atoms with E-state index >= 15 is 0 Å². The first-order valence-corrected chi connectivity index (χ1v) is 15.2. The third kappa shape index (κ3) is 10.9. The molecule has 0 aromatic carbocycles. The zero-order valence-electron chi connectivity index (χ0n) is 19.9. The first-order valence-electron chi connectivity index (χ1n) is 11.0. The van der Waals surface area contributed by atoms with Crippen LogP contribution in [0.5, 0.6) is 0 Å². The summed E-state index contributed by atoms with van der Waals surface area (Å²) in [5.74, 6) is -0.923. The molecule has 0 bridgehead atoms. The van der Waals surface area contributed by atoms with E-state index in [1.807, 2.05) is 20.8 Å². The smallest absolute Gasteiger partial charge is 0.393 e. The van der Waals surface area contributed by atoms with Gasteiger partial charge in [-0.25, -0.2) is 0 Å². The second-order valence-corrected chi connectivity index (χ2v) is 13.3. The number of halogens is 3. The van der Waals surface area contributed by atoms with E-state index in [9.17, 15) is 26.7 Å². The van der Waals surface area contributed by atoms with Gasteiger partial charge in [-0.2, -0.15) is 21.6 Å². The number of hydrogen-bond donors (Lipinski definition) is 1. The Labute approximate surface area is 196 Å². The van der Waals surface area contributed by atoms with Gasteiger partial charge in [0.2, 0.25) is 0 Å². The fraction of sp³-hybridized carbons (Fsp3) is 0.810. The molecule has 1 aliphatic rings. The molecule has 4 atom stereocenters. The molecular weight excluding hydrogens is 481 g/mol. The van der Waals surface area contributed by atoms with E-state index in [1.54, 1.807) is 19.2 Å². The van der Waals surface area contributed by atoms with Gasteiger partial charge in [0.1, 0.15) is 5.76 Å². The molecule has 2 unspecified atom stereocenters. The zero-order valence-corrected chi connectivity index (χ0v) is 21.9. The lowest BCUT2D eigenvalue weighted by Gasteiger charge is -2.35. The number of hydrogen-bond acceptors (Lipinski definition) is 7. The highest BCUT2D eigenvalue weighted by Gasteiger charge is 2.49. The van der Waals surface area contributed by atoms with E-state index in [0.717, 1.165) is 25.3 Å². The van der Waals surface area contributed by atoms with Gasteiger partial charge in [0.25, 0.3) is 0 Å². The Bertz CT molecular complexity index is 742. The quantitative estimate of drug-likeness (QED) is 0.101. The summed E-state index contributed by atoms with van der Waals surface area (Å²) < 4.78 is 83.5. The van der Waals surface area contributed by atoms with Crippen LogP contribution in [0.3, 0.4) is 0 Å². The molecule has 7 nitrogen and oxygen atoms in total. The predicted octanol–water partition coefficient (Wildman–Crippen LogP) is 4.60. The van der Waals surface area contributed by atoms with Gasteiger partial charge in [0, 0.05) is 19.1 Å². The summed E-state index contributed by atoms with van der Waals surface area (Å²) in [6.07, 6.45) is 2.79. The van der Waals surface area contributed by atoms with Crippen LogP contribution in [0.25, 0.3) is 0 Å². The van der Waals surface area contributed by atoms with Gasteiger partial charge in [-0.15, -0.1) is 6.58 Å². The molecule has 0 aliphatic carbocycles. The Morgan fingerprint density at radius 2 is 1.91 bits per heavy atom. The molecule has 194 valence electrons. The molecule has 0 aromatic rings. The molecule has 12 heteroatoms. The van der Waals surface area contributed by atoms with Crippen molar-refractivity contribution >= 4 is 19.2 Å². The minimum atomic E-state index is -5.91. The maximum atomic E-state index is 13.0. The monoisotopic (exact) mass is 518 g/mol. The summed E-state index contributed by atoms with van der Waals surface area (Å²) in [7, 11) is -7.68. The first-order chi connectivity index (χ1) is 15.0. The molecule has 0 amide bonds. The van der Waals surface area contributed by atoms with Gasteiger partial charge in [-0.05, 0) is 50.1 Å². The third-order valence-electron chi connectivity index (χ3n) is 5.16. The average Bonchev–Trinajstić information content (AvgIpc) is 2.64.